The largest absolute Gasteiger partial charge is 1.00 e. The number of rotatable bonds is 11. The fourth-order valence-corrected chi connectivity index (χ4v) is 3.15. The normalized spacial score (nSPS) is 12.7. The molecule has 1 aromatic rings. The van der Waals surface area contributed by atoms with Gasteiger partial charge in [0.15, 0.2) is 0 Å². The minimum Gasteiger partial charge on any atom is -1.00 e. The third kappa shape index (κ3) is 8.80. The van der Waals surface area contributed by atoms with Crippen molar-refractivity contribution >= 4 is 0 Å². The molecule has 2 heteroatoms. The van der Waals surface area contributed by atoms with Crippen LogP contribution in [0.2, 0.25) is 0 Å². The summed E-state index contributed by atoms with van der Waals surface area (Å²) in [6.45, 7) is 2.29. The van der Waals surface area contributed by atoms with Gasteiger partial charge in [-0.05, 0) is 6.42 Å². The Kier molecular flexibility index (Phi) is 11.7. The Hall–Kier alpha value is -0.530. The van der Waals surface area contributed by atoms with Gasteiger partial charge in [-0.2, -0.15) is 0 Å². The van der Waals surface area contributed by atoms with E-state index in [-0.39, 0.29) is 12.4 Å². The van der Waals surface area contributed by atoms with Gasteiger partial charge in [0.05, 0.1) is 21.1 Å². The zero-order chi connectivity index (χ0) is 15.6. The zero-order valence-electron chi connectivity index (χ0n) is 15.2. The van der Waals surface area contributed by atoms with Crippen molar-refractivity contribution < 1.29 is 16.9 Å². The third-order valence-electron chi connectivity index (χ3n) is 4.45. The van der Waals surface area contributed by atoms with E-state index in [1.807, 2.05) is 0 Å². The van der Waals surface area contributed by atoms with Crippen molar-refractivity contribution in [1.29, 1.82) is 0 Å². The number of hydrogen-bond acceptors (Lipinski definition) is 0. The first-order valence-electron chi connectivity index (χ1n) is 8.91. The van der Waals surface area contributed by atoms with E-state index in [0.717, 1.165) is 4.48 Å². The second-order valence-electron chi connectivity index (χ2n) is 7.31. The molecule has 1 atom stereocenters. The molecule has 22 heavy (non-hydrogen) atoms. The molecule has 0 fully saturated rings. The van der Waals surface area contributed by atoms with Crippen molar-refractivity contribution in [1.82, 2.24) is 0 Å². The Morgan fingerprint density at radius 2 is 1.27 bits per heavy atom. The van der Waals surface area contributed by atoms with Crippen LogP contribution >= 0.6 is 0 Å². The van der Waals surface area contributed by atoms with Crippen molar-refractivity contribution in [2.24, 2.45) is 0 Å². The highest BCUT2D eigenvalue weighted by Gasteiger charge is 2.24. The van der Waals surface area contributed by atoms with Crippen molar-refractivity contribution in [2.45, 2.75) is 70.8 Å². The van der Waals surface area contributed by atoms with Gasteiger partial charge in [-0.15, -0.1) is 0 Å². The van der Waals surface area contributed by atoms with E-state index in [2.05, 4.69) is 58.4 Å². The molecule has 0 amide bonds. The Balaban J connectivity index is 0.00000441. The number of benzene rings is 1. The van der Waals surface area contributed by atoms with Crippen LogP contribution in [0, 0.1) is 0 Å². The maximum absolute atomic E-state index is 2.32. The molecule has 1 aromatic carbocycles. The summed E-state index contributed by atoms with van der Waals surface area (Å²) in [4.78, 5) is 0. The summed E-state index contributed by atoms with van der Waals surface area (Å²) in [5.74, 6) is 0. The first-order chi connectivity index (χ1) is 10.1. The van der Waals surface area contributed by atoms with Crippen molar-refractivity contribution in [3.8, 4) is 0 Å². The Bertz CT molecular complexity index is 356. The molecule has 1 unspecified atom stereocenters. The van der Waals surface area contributed by atoms with E-state index in [1.165, 1.54) is 63.4 Å². The molecule has 0 saturated carbocycles. The summed E-state index contributed by atoms with van der Waals surface area (Å²) in [6, 6.07) is 11.7. The highest BCUT2D eigenvalue weighted by molar-refractivity contribution is 5.17. The average molecular weight is 326 g/mol. The lowest BCUT2D eigenvalue weighted by atomic mass is 9.97. The highest BCUT2D eigenvalue weighted by Crippen LogP contribution is 2.28. The predicted molar refractivity (Wildman–Crippen MR) is 94.4 cm³/mol. The molecule has 1 nitrogen and oxygen atoms in total. The van der Waals surface area contributed by atoms with Gasteiger partial charge in [-0.1, -0.05) is 82.2 Å². The lowest BCUT2D eigenvalue weighted by Crippen LogP contribution is -3.00. The van der Waals surface area contributed by atoms with Crippen molar-refractivity contribution in [2.75, 3.05) is 21.1 Å². The Morgan fingerprint density at radius 3 is 1.77 bits per heavy atom. The summed E-state index contributed by atoms with van der Waals surface area (Å²) >= 11 is 0. The summed E-state index contributed by atoms with van der Waals surface area (Å²) in [5, 5.41) is 0. The molecule has 0 aromatic heterocycles. The number of unbranched alkanes of at least 4 members (excludes halogenated alkanes) is 7. The van der Waals surface area contributed by atoms with Gasteiger partial charge in [0.25, 0.3) is 0 Å². The molecule has 1 rings (SSSR count). The lowest BCUT2D eigenvalue weighted by Gasteiger charge is -2.34. The number of hydrogen-bond donors (Lipinski definition) is 0. The van der Waals surface area contributed by atoms with Crippen LogP contribution < -0.4 is 12.4 Å². The molecule has 0 bridgehead atoms. The molecular weight excluding hydrogens is 290 g/mol. The molecule has 0 aliphatic heterocycles. The SMILES string of the molecule is CCCCCCCCCCC(c1ccccc1)[N+](C)(C)C.[Cl-]. The van der Waals surface area contributed by atoms with Crippen LogP contribution in [-0.2, 0) is 0 Å². The number of quaternary nitrogens is 1. The van der Waals surface area contributed by atoms with Crippen LogP contribution in [-0.4, -0.2) is 25.6 Å². The quantitative estimate of drug-likeness (QED) is 0.433. The van der Waals surface area contributed by atoms with Crippen LogP contribution in [0.1, 0.15) is 76.3 Å². The van der Waals surface area contributed by atoms with Gasteiger partial charge in [0, 0.05) is 12.0 Å². The van der Waals surface area contributed by atoms with E-state index in [0.29, 0.717) is 6.04 Å². The van der Waals surface area contributed by atoms with Gasteiger partial charge >= 0.3 is 0 Å². The van der Waals surface area contributed by atoms with E-state index in [4.69, 9.17) is 0 Å². The fraction of sp³-hybridized carbons (Fsp3) is 0.700. The van der Waals surface area contributed by atoms with E-state index in [9.17, 15) is 0 Å². The standard InChI is InChI=1S/C20H36N.ClH/c1-5-6-7-8-9-10-11-15-18-20(21(2,3)4)19-16-13-12-14-17-19;/h12-14,16-17,20H,5-11,15,18H2,1-4H3;1H/q+1;/p-1. The predicted octanol–water partition coefficient (Wildman–Crippen LogP) is 2.97. The number of nitrogens with zero attached hydrogens (tertiary/aromatic N) is 1. The summed E-state index contributed by atoms with van der Waals surface area (Å²) < 4.78 is 1.03. The van der Waals surface area contributed by atoms with E-state index >= 15 is 0 Å². The van der Waals surface area contributed by atoms with Crippen LogP contribution in [0.15, 0.2) is 30.3 Å². The summed E-state index contributed by atoms with van der Waals surface area (Å²) in [7, 11) is 6.97. The van der Waals surface area contributed by atoms with Gasteiger partial charge < -0.3 is 16.9 Å². The molecule has 0 aliphatic rings. The highest BCUT2D eigenvalue weighted by atomic mass is 35.5. The topological polar surface area (TPSA) is 0 Å². The fourth-order valence-electron chi connectivity index (χ4n) is 3.15. The van der Waals surface area contributed by atoms with Crippen LogP contribution in [0.5, 0.6) is 0 Å². The van der Waals surface area contributed by atoms with Gasteiger partial charge in [-0.25, -0.2) is 0 Å². The van der Waals surface area contributed by atoms with Crippen LogP contribution in [0.25, 0.3) is 0 Å². The van der Waals surface area contributed by atoms with Crippen LogP contribution in [0.4, 0.5) is 0 Å². The maximum atomic E-state index is 2.32. The summed E-state index contributed by atoms with van der Waals surface area (Å²) in [5.41, 5.74) is 1.49. The van der Waals surface area contributed by atoms with Gasteiger partial charge in [-0.3, -0.25) is 0 Å². The van der Waals surface area contributed by atoms with Gasteiger partial charge in [0.1, 0.15) is 6.04 Å². The molecule has 0 N–H and O–H groups in total. The van der Waals surface area contributed by atoms with Gasteiger partial charge in [0.2, 0.25) is 0 Å². The van der Waals surface area contributed by atoms with Crippen molar-refractivity contribution in [3.05, 3.63) is 35.9 Å². The first-order valence-corrected chi connectivity index (χ1v) is 8.91. The van der Waals surface area contributed by atoms with Crippen molar-refractivity contribution in [3.63, 3.8) is 0 Å². The Morgan fingerprint density at radius 1 is 0.773 bits per heavy atom. The molecular formula is C20H36ClN. The smallest absolute Gasteiger partial charge is 0.114 e. The second kappa shape index (κ2) is 12.0. The molecule has 0 saturated heterocycles. The van der Waals surface area contributed by atoms with E-state index in [1.54, 1.807) is 0 Å². The molecule has 0 spiro atoms. The van der Waals surface area contributed by atoms with Crippen LogP contribution in [0.3, 0.4) is 0 Å². The second-order valence-corrected chi connectivity index (χ2v) is 7.31. The monoisotopic (exact) mass is 325 g/mol. The lowest BCUT2D eigenvalue weighted by molar-refractivity contribution is -0.902. The average Bonchev–Trinajstić information content (AvgIpc) is 2.45. The van der Waals surface area contributed by atoms with E-state index < -0.39 is 0 Å². The third-order valence-corrected chi connectivity index (χ3v) is 4.45. The number of halogens is 1. The Labute approximate surface area is 145 Å². The molecule has 0 aliphatic carbocycles. The molecule has 0 radical (unpaired) electrons. The zero-order valence-corrected chi connectivity index (χ0v) is 15.9. The molecule has 0 heterocycles. The molecule has 128 valence electrons. The maximum Gasteiger partial charge on any atom is 0.114 e. The summed E-state index contributed by atoms with van der Waals surface area (Å²) in [6.07, 6.45) is 12.6. The first kappa shape index (κ1) is 21.5. The minimum absolute atomic E-state index is 0. The minimum atomic E-state index is 0.